The van der Waals surface area contributed by atoms with Gasteiger partial charge in [0.05, 0.1) is 5.92 Å². The Labute approximate surface area is 143 Å². The van der Waals surface area contributed by atoms with Crippen LogP contribution in [0, 0.1) is 0 Å². The Kier molecular flexibility index (Phi) is 7.02. The quantitative estimate of drug-likeness (QED) is 0.604. The summed E-state index contributed by atoms with van der Waals surface area (Å²) >= 11 is 0. The fourth-order valence-corrected chi connectivity index (χ4v) is 2.59. The summed E-state index contributed by atoms with van der Waals surface area (Å²) < 4.78 is 0. The standard InChI is InChI=1S/C20H24N2O2/c1-2-3-6-15-18(23)21-22-20(24)19(16-11-7-4-8-12-16)17-13-9-5-10-14-17/h4-5,7-14,19H,2-3,6,15H2,1H3,(H,21,23)(H,22,24). The number of amides is 2. The molecular weight excluding hydrogens is 300 g/mol. The van der Waals surface area contributed by atoms with Crippen molar-refractivity contribution in [2.24, 2.45) is 0 Å². The Balaban J connectivity index is 2.05. The van der Waals surface area contributed by atoms with Gasteiger partial charge in [0.2, 0.25) is 11.8 Å². The average molecular weight is 324 g/mol. The van der Waals surface area contributed by atoms with Crippen LogP contribution in [-0.2, 0) is 9.59 Å². The van der Waals surface area contributed by atoms with Crippen molar-refractivity contribution >= 4 is 11.8 Å². The maximum atomic E-state index is 12.7. The van der Waals surface area contributed by atoms with Gasteiger partial charge >= 0.3 is 0 Å². The Morgan fingerprint density at radius 2 is 1.38 bits per heavy atom. The minimum atomic E-state index is -0.455. The molecule has 0 atom stereocenters. The molecule has 2 amide bonds. The highest BCUT2D eigenvalue weighted by Gasteiger charge is 2.22. The van der Waals surface area contributed by atoms with Crippen LogP contribution in [0.1, 0.15) is 49.7 Å². The SMILES string of the molecule is CCCCCC(=O)NNC(=O)C(c1ccccc1)c1ccccc1. The van der Waals surface area contributed by atoms with Gasteiger partial charge in [-0.3, -0.25) is 20.4 Å². The van der Waals surface area contributed by atoms with Crippen molar-refractivity contribution in [1.29, 1.82) is 0 Å². The molecule has 24 heavy (non-hydrogen) atoms. The fourth-order valence-electron chi connectivity index (χ4n) is 2.59. The van der Waals surface area contributed by atoms with E-state index in [-0.39, 0.29) is 11.8 Å². The molecule has 0 aliphatic carbocycles. The van der Waals surface area contributed by atoms with E-state index in [0.29, 0.717) is 6.42 Å². The van der Waals surface area contributed by atoms with Crippen molar-refractivity contribution in [2.75, 3.05) is 0 Å². The molecule has 0 bridgehead atoms. The number of carbonyl (C=O) groups is 2. The molecule has 0 aliphatic heterocycles. The fraction of sp³-hybridized carbons (Fsp3) is 0.300. The average Bonchev–Trinajstić information content (AvgIpc) is 2.62. The molecule has 0 fully saturated rings. The Morgan fingerprint density at radius 3 is 1.88 bits per heavy atom. The zero-order valence-corrected chi connectivity index (χ0v) is 14.0. The van der Waals surface area contributed by atoms with E-state index in [9.17, 15) is 9.59 Å². The lowest BCUT2D eigenvalue weighted by Gasteiger charge is -2.18. The Bertz CT molecular complexity index is 602. The van der Waals surface area contributed by atoms with Gasteiger partial charge in [0.25, 0.3) is 0 Å². The van der Waals surface area contributed by atoms with Crippen LogP contribution in [0.3, 0.4) is 0 Å². The van der Waals surface area contributed by atoms with E-state index in [2.05, 4.69) is 17.8 Å². The van der Waals surface area contributed by atoms with Gasteiger partial charge in [-0.2, -0.15) is 0 Å². The molecule has 0 saturated heterocycles. The van der Waals surface area contributed by atoms with Crippen LogP contribution < -0.4 is 10.9 Å². The zero-order chi connectivity index (χ0) is 17.2. The highest BCUT2D eigenvalue weighted by molar-refractivity contribution is 5.89. The molecule has 4 heteroatoms. The van der Waals surface area contributed by atoms with Crippen molar-refractivity contribution < 1.29 is 9.59 Å². The van der Waals surface area contributed by atoms with Crippen LogP contribution in [0.4, 0.5) is 0 Å². The van der Waals surface area contributed by atoms with Crippen LogP contribution in [0.25, 0.3) is 0 Å². The smallest absolute Gasteiger partial charge is 0.250 e. The van der Waals surface area contributed by atoms with E-state index in [1.807, 2.05) is 60.7 Å². The molecule has 0 radical (unpaired) electrons. The predicted octanol–water partition coefficient (Wildman–Crippen LogP) is 3.55. The van der Waals surface area contributed by atoms with Crippen molar-refractivity contribution in [3.63, 3.8) is 0 Å². The third-order valence-electron chi connectivity index (χ3n) is 3.86. The first-order chi connectivity index (χ1) is 11.7. The summed E-state index contributed by atoms with van der Waals surface area (Å²) in [4.78, 5) is 24.4. The van der Waals surface area contributed by atoms with Gasteiger partial charge in [-0.05, 0) is 17.5 Å². The molecular formula is C20H24N2O2. The third kappa shape index (κ3) is 5.23. The molecule has 2 rings (SSSR count). The van der Waals surface area contributed by atoms with Gasteiger partial charge in [-0.25, -0.2) is 0 Å². The lowest BCUT2D eigenvalue weighted by molar-refractivity contribution is -0.129. The highest BCUT2D eigenvalue weighted by atomic mass is 16.2. The topological polar surface area (TPSA) is 58.2 Å². The van der Waals surface area contributed by atoms with Crippen molar-refractivity contribution in [3.05, 3.63) is 71.8 Å². The first-order valence-corrected chi connectivity index (χ1v) is 8.41. The molecule has 0 aromatic heterocycles. The number of nitrogens with one attached hydrogen (secondary N) is 2. The first kappa shape index (κ1) is 17.7. The second-order valence-electron chi connectivity index (χ2n) is 5.75. The number of rotatable bonds is 7. The maximum absolute atomic E-state index is 12.7. The maximum Gasteiger partial charge on any atom is 0.250 e. The minimum absolute atomic E-state index is 0.156. The minimum Gasteiger partial charge on any atom is -0.273 e. The first-order valence-electron chi connectivity index (χ1n) is 8.41. The van der Waals surface area contributed by atoms with E-state index < -0.39 is 5.92 Å². The number of hydrogen-bond acceptors (Lipinski definition) is 2. The molecule has 2 aromatic rings. The molecule has 0 spiro atoms. The van der Waals surface area contributed by atoms with Gasteiger partial charge in [0.15, 0.2) is 0 Å². The summed E-state index contributed by atoms with van der Waals surface area (Å²) in [6.07, 6.45) is 3.33. The van der Waals surface area contributed by atoms with Crippen LogP contribution in [-0.4, -0.2) is 11.8 Å². The molecule has 0 unspecified atom stereocenters. The van der Waals surface area contributed by atoms with Gasteiger partial charge in [-0.1, -0.05) is 80.4 Å². The second-order valence-corrected chi connectivity index (χ2v) is 5.75. The molecule has 4 nitrogen and oxygen atoms in total. The number of hydrazine groups is 1. The highest BCUT2D eigenvalue weighted by Crippen LogP contribution is 2.24. The van der Waals surface area contributed by atoms with Crippen LogP contribution in [0.2, 0.25) is 0 Å². The summed E-state index contributed by atoms with van der Waals surface area (Å²) in [5, 5.41) is 0. The number of benzene rings is 2. The van der Waals surface area contributed by atoms with E-state index >= 15 is 0 Å². The van der Waals surface area contributed by atoms with E-state index in [1.54, 1.807) is 0 Å². The Hall–Kier alpha value is -2.62. The van der Waals surface area contributed by atoms with Crippen molar-refractivity contribution in [1.82, 2.24) is 10.9 Å². The lowest BCUT2D eigenvalue weighted by atomic mass is 9.91. The second kappa shape index (κ2) is 9.50. The van der Waals surface area contributed by atoms with Gasteiger partial charge in [0, 0.05) is 6.42 Å². The predicted molar refractivity (Wildman–Crippen MR) is 95.2 cm³/mol. The number of unbranched alkanes of at least 4 members (excludes halogenated alkanes) is 2. The third-order valence-corrected chi connectivity index (χ3v) is 3.86. The molecule has 126 valence electrons. The number of hydrogen-bond donors (Lipinski definition) is 2. The summed E-state index contributed by atoms with van der Waals surface area (Å²) in [5.74, 6) is -0.851. The zero-order valence-electron chi connectivity index (χ0n) is 14.0. The number of carbonyl (C=O) groups excluding carboxylic acids is 2. The normalized spacial score (nSPS) is 10.4. The summed E-state index contributed by atoms with van der Waals surface area (Å²) in [6, 6.07) is 19.1. The van der Waals surface area contributed by atoms with Crippen LogP contribution in [0.5, 0.6) is 0 Å². The van der Waals surface area contributed by atoms with Gasteiger partial charge < -0.3 is 0 Å². The van der Waals surface area contributed by atoms with Crippen LogP contribution in [0.15, 0.2) is 60.7 Å². The van der Waals surface area contributed by atoms with Crippen molar-refractivity contribution in [3.8, 4) is 0 Å². The van der Waals surface area contributed by atoms with E-state index in [4.69, 9.17) is 0 Å². The Morgan fingerprint density at radius 1 is 0.833 bits per heavy atom. The monoisotopic (exact) mass is 324 g/mol. The van der Waals surface area contributed by atoms with Gasteiger partial charge in [-0.15, -0.1) is 0 Å². The van der Waals surface area contributed by atoms with E-state index in [0.717, 1.165) is 30.4 Å². The summed E-state index contributed by atoms with van der Waals surface area (Å²) in [7, 11) is 0. The van der Waals surface area contributed by atoms with Crippen LogP contribution >= 0.6 is 0 Å². The molecule has 0 heterocycles. The van der Waals surface area contributed by atoms with Crippen molar-refractivity contribution in [2.45, 2.75) is 38.5 Å². The van der Waals surface area contributed by atoms with E-state index in [1.165, 1.54) is 0 Å². The van der Waals surface area contributed by atoms with Gasteiger partial charge in [0.1, 0.15) is 0 Å². The molecule has 2 aromatic carbocycles. The largest absolute Gasteiger partial charge is 0.273 e. The lowest BCUT2D eigenvalue weighted by Crippen LogP contribution is -2.44. The molecule has 2 N–H and O–H groups in total. The molecule has 0 aliphatic rings. The summed E-state index contributed by atoms with van der Waals surface area (Å²) in [5.41, 5.74) is 6.87. The summed E-state index contributed by atoms with van der Waals surface area (Å²) in [6.45, 7) is 2.09. The molecule has 0 saturated carbocycles.